The predicted octanol–water partition coefficient (Wildman–Crippen LogP) is 0.821. The molecule has 1 rings (SSSR count). The maximum absolute atomic E-state index is 10.4. The monoisotopic (exact) mass is 170 g/mol. The second kappa shape index (κ2) is 3.40. The minimum atomic E-state index is -1.08. The van der Waals surface area contributed by atoms with Crippen LogP contribution in [0.15, 0.2) is 10.5 Å². The van der Waals surface area contributed by atoms with Crippen molar-refractivity contribution < 1.29 is 19.4 Å². The van der Waals surface area contributed by atoms with Crippen LogP contribution in [0.25, 0.3) is 0 Å². The predicted molar refractivity (Wildman–Crippen MR) is 41.2 cm³/mol. The molecule has 1 aromatic rings. The molecule has 0 aliphatic carbocycles. The highest BCUT2D eigenvalue weighted by molar-refractivity contribution is 5.84. The van der Waals surface area contributed by atoms with E-state index < -0.39 is 5.97 Å². The van der Waals surface area contributed by atoms with Crippen molar-refractivity contribution >= 4 is 5.97 Å². The van der Waals surface area contributed by atoms with Gasteiger partial charge in [0.25, 0.3) is 0 Å². The van der Waals surface area contributed by atoms with Crippen LogP contribution in [0.1, 0.15) is 21.9 Å². The van der Waals surface area contributed by atoms with Crippen molar-refractivity contribution in [1.82, 2.24) is 0 Å². The van der Waals surface area contributed by atoms with Gasteiger partial charge in [-0.2, -0.15) is 0 Å². The van der Waals surface area contributed by atoms with E-state index in [1.54, 1.807) is 6.92 Å². The average Bonchev–Trinajstić information content (AvgIpc) is 2.34. The highest BCUT2D eigenvalue weighted by atomic mass is 16.4. The zero-order valence-electron chi connectivity index (χ0n) is 6.70. The molecule has 0 aromatic carbocycles. The third-order valence-electron chi connectivity index (χ3n) is 1.61. The van der Waals surface area contributed by atoms with Gasteiger partial charge in [-0.25, -0.2) is 4.79 Å². The molecule has 1 heterocycles. The van der Waals surface area contributed by atoms with Gasteiger partial charge < -0.3 is 14.6 Å². The second-order valence-electron chi connectivity index (χ2n) is 2.47. The zero-order chi connectivity index (χ0) is 9.14. The van der Waals surface area contributed by atoms with Gasteiger partial charge in [0.1, 0.15) is 5.76 Å². The van der Waals surface area contributed by atoms with E-state index in [0.717, 1.165) is 5.56 Å². The standard InChI is InChI=1S/C8H10O4/c1-5-6(2-3-9)4-7(12-5)8(10)11/h4,9H,2-3H2,1H3,(H,10,11). The van der Waals surface area contributed by atoms with E-state index in [1.165, 1.54) is 6.07 Å². The lowest BCUT2D eigenvalue weighted by atomic mass is 10.2. The number of aryl methyl sites for hydroxylation is 1. The first-order valence-electron chi connectivity index (χ1n) is 3.58. The Kier molecular flexibility index (Phi) is 2.50. The molecule has 0 saturated carbocycles. The van der Waals surface area contributed by atoms with Crippen LogP contribution < -0.4 is 0 Å². The molecule has 0 amide bonds. The van der Waals surface area contributed by atoms with Crippen LogP contribution in [0.3, 0.4) is 0 Å². The minimum Gasteiger partial charge on any atom is -0.475 e. The molecule has 0 saturated heterocycles. The highest BCUT2D eigenvalue weighted by Crippen LogP contribution is 2.14. The van der Waals surface area contributed by atoms with E-state index in [-0.39, 0.29) is 12.4 Å². The number of aromatic carboxylic acids is 1. The number of carbonyl (C=O) groups is 1. The van der Waals surface area contributed by atoms with E-state index in [4.69, 9.17) is 14.6 Å². The Morgan fingerprint density at radius 3 is 2.75 bits per heavy atom. The Balaban J connectivity index is 2.92. The van der Waals surface area contributed by atoms with Crippen LogP contribution in [0.5, 0.6) is 0 Å². The van der Waals surface area contributed by atoms with Crippen molar-refractivity contribution in [2.24, 2.45) is 0 Å². The summed E-state index contributed by atoms with van der Waals surface area (Å²) in [6, 6.07) is 1.44. The van der Waals surface area contributed by atoms with Crippen LogP contribution in [0, 0.1) is 6.92 Å². The van der Waals surface area contributed by atoms with Crippen molar-refractivity contribution in [2.75, 3.05) is 6.61 Å². The van der Waals surface area contributed by atoms with Gasteiger partial charge in [-0.1, -0.05) is 0 Å². The summed E-state index contributed by atoms with van der Waals surface area (Å²) in [4.78, 5) is 10.4. The van der Waals surface area contributed by atoms with Crippen molar-refractivity contribution in [3.05, 3.63) is 23.2 Å². The van der Waals surface area contributed by atoms with Gasteiger partial charge in [0.2, 0.25) is 5.76 Å². The van der Waals surface area contributed by atoms with Gasteiger partial charge in [0.15, 0.2) is 0 Å². The summed E-state index contributed by atoms with van der Waals surface area (Å²) in [5.41, 5.74) is 0.745. The number of rotatable bonds is 3. The normalized spacial score (nSPS) is 10.2. The molecular formula is C8H10O4. The molecule has 0 fully saturated rings. The van der Waals surface area contributed by atoms with E-state index in [0.29, 0.717) is 12.2 Å². The third kappa shape index (κ3) is 1.65. The van der Waals surface area contributed by atoms with Crippen LogP contribution in [0.2, 0.25) is 0 Å². The smallest absolute Gasteiger partial charge is 0.371 e. The number of furan rings is 1. The van der Waals surface area contributed by atoms with Gasteiger partial charge in [0.05, 0.1) is 0 Å². The van der Waals surface area contributed by atoms with Gasteiger partial charge in [0, 0.05) is 6.61 Å². The number of carboxylic acid groups (broad SMARTS) is 1. The zero-order valence-corrected chi connectivity index (χ0v) is 6.70. The maximum Gasteiger partial charge on any atom is 0.371 e. The van der Waals surface area contributed by atoms with Gasteiger partial charge in [-0.3, -0.25) is 0 Å². The fourth-order valence-electron chi connectivity index (χ4n) is 0.994. The lowest BCUT2D eigenvalue weighted by Crippen LogP contribution is -1.92. The second-order valence-corrected chi connectivity index (χ2v) is 2.47. The molecule has 12 heavy (non-hydrogen) atoms. The van der Waals surface area contributed by atoms with Crippen LogP contribution in [-0.2, 0) is 6.42 Å². The average molecular weight is 170 g/mol. The van der Waals surface area contributed by atoms with Crippen molar-refractivity contribution in [3.8, 4) is 0 Å². The maximum atomic E-state index is 10.4. The first kappa shape index (κ1) is 8.80. The van der Waals surface area contributed by atoms with Crippen molar-refractivity contribution in [1.29, 1.82) is 0 Å². The van der Waals surface area contributed by atoms with Crippen LogP contribution in [0.4, 0.5) is 0 Å². The highest BCUT2D eigenvalue weighted by Gasteiger charge is 2.11. The summed E-state index contributed by atoms with van der Waals surface area (Å²) < 4.78 is 4.92. The summed E-state index contributed by atoms with van der Waals surface area (Å²) in [7, 11) is 0. The summed E-state index contributed by atoms with van der Waals surface area (Å²) >= 11 is 0. The number of carboxylic acids is 1. The molecule has 0 bridgehead atoms. The summed E-state index contributed by atoms with van der Waals surface area (Å²) in [6.07, 6.45) is 0.433. The van der Waals surface area contributed by atoms with E-state index in [1.807, 2.05) is 0 Å². The number of hydrogen-bond acceptors (Lipinski definition) is 3. The van der Waals surface area contributed by atoms with Crippen LogP contribution >= 0.6 is 0 Å². The Bertz CT molecular complexity index is 287. The molecular weight excluding hydrogens is 160 g/mol. The Labute approximate surface area is 69.4 Å². The van der Waals surface area contributed by atoms with Crippen molar-refractivity contribution in [2.45, 2.75) is 13.3 Å². The minimum absolute atomic E-state index is 0.000563. The molecule has 2 N–H and O–H groups in total. The summed E-state index contributed by atoms with van der Waals surface area (Å²) in [5.74, 6) is -0.598. The Hall–Kier alpha value is -1.29. The largest absolute Gasteiger partial charge is 0.475 e. The third-order valence-corrected chi connectivity index (χ3v) is 1.61. The fraction of sp³-hybridized carbons (Fsp3) is 0.375. The molecule has 4 nitrogen and oxygen atoms in total. The van der Waals surface area contributed by atoms with Gasteiger partial charge in [-0.05, 0) is 25.0 Å². The molecule has 1 aromatic heterocycles. The molecule has 0 spiro atoms. The molecule has 0 unspecified atom stereocenters. The molecule has 66 valence electrons. The number of aliphatic hydroxyl groups is 1. The Morgan fingerprint density at radius 1 is 1.67 bits per heavy atom. The fourth-order valence-corrected chi connectivity index (χ4v) is 0.994. The molecule has 4 heteroatoms. The van der Waals surface area contributed by atoms with E-state index in [9.17, 15) is 4.79 Å². The first-order chi connectivity index (χ1) is 5.65. The summed E-state index contributed by atoms with van der Waals surface area (Å²) in [5, 5.41) is 17.1. The first-order valence-corrected chi connectivity index (χ1v) is 3.58. The lowest BCUT2D eigenvalue weighted by molar-refractivity contribution is 0.0661. The SMILES string of the molecule is Cc1oc(C(=O)O)cc1CCO. The molecule has 0 atom stereocenters. The summed E-state index contributed by atoms with van der Waals surface area (Å²) in [6.45, 7) is 1.68. The lowest BCUT2D eigenvalue weighted by Gasteiger charge is -1.90. The molecule has 0 aliphatic heterocycles. The number of aliphatic hydroxyl groups excluding tert-OH is 1. The van der Waals surface area contributed by atoms with Gasteiger partial charge in [-0.15, -0.1) is 0 Å². The molecule has 0 aliphatic rings. The topological polar surface area (TPSA) is 70.7 Å². The van der Waals surface area contributed by atoms with Crippen LogP contribution in [-0.4, -0.2) is 22.8 Å². The van der Waals surface area contributed by atoms with E-state index >= 15 is 0 Å². The quantitative estimate of drug-likeness (QED) is 0.704. The van der Waals surface area contributed by atoms with E-state index in [2.05, 4.69) is 0 Å². The van der Waals surface area contributed by atoms with Crippen molar-refractivity contribution in [3.63, 3.8) is 0 Å². The number of hydrogen-bond donors (Lipinski definition) is 2. The van der Waals surface area contributed by atoms with Gasteiger partial charge >= 0.3 is 5.97 Å². The molecule has 0 radical (unpaired) electrons. The Morgan fingerprint density at radius 2 is 2.33 bits per heavy atom.